The van der Waals surface area contributed by atoms with Crippen LogP contribution in [0.3, 0.4) is 0 Å². The number of ketones is 2. The summed E-state index contributed by atoms with van der Waals surface area (Å²) >= 11 is 0. The number of H-pyrrole nitrogens is 1. The number of carbonyl (C=O) groups excluding carboxylic acids is 2. The zero-order valence-electron chi connectivity index (χ0n) is 18.9. The second kappa shape index (κ2) is 7.88. The molecule has 0 aliphatic heterocycles. The fourth-order valence-corrected chi connectivity index (χ4v) is 4.30. The Bertz CT molecular complexity index is 1800. The van der Waals surface area contributed by atoms with E-state index in [1.54, 1.807) is 24.6 Å². The van der Waals surface area contributed by atoms with Gasteiger partial charge in [-0.3, -0.25) is 14.7 Å². The summed E-state index contributed by atoms with van der Waals surface area (Å²) in [5, 5.41) is 12.9. The molecule has 0 radical (unpaired) electrons. The van der Waals surface area contributed by atoms with Gasteiger partial charge in [-0.2, -0.15) is 5.10 Å². The highest BCUT2D eigenvalue weighted by atomic mass is 16.3. The number of nitrogens with one attached hydrogen (secondary N) is 2. The maximum atomic E-state index is 12.4. The molecule has 0 saturated carbocycles. The van der Waals surface area contributed by atoms with Crippen LogP contribution in [0.2, 0.25) is 0 Å². The van der Waals surface area contributed by atoms with E-state index in [1.165, 1.54) is 13.8 Å². The van der Waals surface area contributed by atoms with Gasteiger partial charge in [-0.1, -0.05) is 12.1 Å². The van der Waals surface area contributed by atoms with Gasteiger partial charge in [-0.15, -0.1) is 0 Å². The van der Waals surface area contributed by atoms with Gasteiger partial charge in [0.2, 0.25) is 0 Å². The molecule has 0 fully saturated rings. The third-order valence-electron chi connectivity index (χ3n) is 6.02. The van der Waals surface area contributed by atoms with E-state index in [-0.39, 0.29) is 11.6 Å². The molecule has 3 aromatic heterocycles. The number of para-hydroxylation sites is 1. The molecule has 170 valence electrons. The summed E-state index contributed by atoms with van der Waals surface area (Å²) in [6.07, 6.45) is 3.37. The van der Waals surface area contributed by atoms with Crippen molar-refractivity contribution in [1.29, 1.82) is 0 Å². The third kappa shape index (κ3) is 3.52. The lowest BCUT2D eigenvalue weighted by Gasteiger charge is -2.14. The maximum Gasteiger partial charge on any atom is 0.165 e. The molecule has 35 heavy (non-hydrogen) atoms. The average Bonchev–Trinajstić information content (AvgIpc) is 3.52. The number of Topliss-reactive ketones (excluding diaryl/α,β-unsaturated/α-hetero) is 2. The summed E-state index contributed by atoms with van der Waals surface area (Å²) in [4.78, 5) is 34.3. The molecule has 0 bridgehead atoms. The monoisotopic (exact) mass is 461 g/mol. The van der Waals surface area contributed by atoms with Crippen LogP contribution in [0.15, 0.2) is 71.5 Å². The van der Waals surface area contributed by atoms with Crippen LogP contribution in [0, 0.1) is 0 Å². The van der Waals surface area contributed by atoms with E-state index in [4.69, 9.17) is 14.4 Å². The number of fused-ring (bicyclic) bond motifs is 3. The number of hydrogen-bond acceptors (Lipinski definition) is 7. The van der Waals surface area contributed by atoms with E-state index in [0.717, 1.165) is 27.5 Å². The summed E-state index contributed by atoms with van der Waals surface area (Å²) in [6.45, 7) is 2.89. The lowest BCUT2D eigenvalue weighted by atomic mass is 9.98. The summed E-state index contributed by atoms with van der Waals surface area (Å²) < 4.78 is 5.72. The van der Waals surface area contributed by atoms with Gasteiger partial charge in [0, 0.05) is 33.0 Å². The molecular formula is C27H19N5O3. The van der Waals surface area contributed by atoms with Crippen molar-refractivity contribution in [3.05, 3.63) is 78.2 Å². The predicted octanol–water partition coefficient (Wildman–Crippen LogP) is 6.07. The Balaban J connectivity index is 1.61. The number of anilines is 2. The standard InChI is InChI=1S/C27H19N5O3/c1-14(33)20-11-22-24(12-21(20)15(2)34)30-26(19-5-3-4-16-8-9-35-25(16)19)31-27(22)29-18-6-7-23-17(10-18)13-28-32-23/h3-13H,1-2H3,(H,28,32)(H,29,30,31). The first-order valence-corrected chi connectivity index (χ1v) is 11.0. The topological polar surface area (TPSA) is 114 Å². The molecule has 6 rings (SSSR count). The smallest absolute Gasteiger partial charge is 0.165 e. The van der Waals surface area contributed by atoms with Gasteiger partial charge in [-0.25, -0.2) is 9.97 Å². The number of nitrogens with zero attached hydrogens (tertiary/aromatic N) is 3. The highest BCUT2D eigenvalue weighted by molar-refractivity contribution is 6.11. The Morgan fingerprint density at radius 3 is 2.57 bits per heavy atom. The fourth-order valence-electron chi connectivity index (χ4n) is 4.30. The Kier molecular flexibility index (Phi) is 4.67. The highest BCUT2D eigenvalue weighted by Gasteiger charge is 2.19. The van der Waals surface area contributed by atoms with Crippen LogP contribution in [-0.2, 0) is 0 Å². The molecule has 2 N–H and O–H groups in total. The average molecular weight is 461 g/mol. The zero-order chi connectivity index (χ0) is 24.1. The SMILES string of the molecule is CC(=O)c1cc2nc(-c3cccc4ccoc34)nc(Nc3ccc4[nH]ncc4c3)c2cc1C(C)=O. The molecule has 0 amide bonds. The number of rotatable bonds is 5. The van der Waals surface area contributed by atoms with Gasteiger partial charge >= 0.3 is 0 Å². The summed E-state index contributed by atoms with van der Waals surface area (Å²) in [6, 6.07) is 16.8. The van der Waals surface area contributed by atoms with E-state index >= 15 is 0 Å². The van der Waals surface area contributed by atoms with Crippen molar-refractivity contribution in [2.24, 2.45) is 0 Å². The Morgan fingerprint density at radius 1 is 0.914 bits per heavy atom. The summed E-state index contributed by atoms with van der Waals surface area (Å²) in [7, 11) is 0. The maximum absolute atomic E-state index is 12.4. The molecule has 8 heteroatoms. The van der Waals surface area contributed by atoms with Crippen molar-refractivity contribution in [2.75, 3.05) is 5.32 Å². The zero-order valence-corrected chi connectivity index (χ0v) is 18.9. The Morgan fingerprint density at radius 2 is 1.74 bits per heavy atom. The van der Waals surface area contributed by atoms with Crippen LogP contribution in [0.5, 0.6) is 0 Å². The number of aromatic amines is 1. The lowest BCUT2D eigenvalue weighted by molar-refractivity contribution is 0.0981. The normalized spacial score (nSPS) is 11.4. The van der Waals surface area contributed by atoms with Gasteiger partial charge in [0.15, 0.2) is 17.4 Å². The van der Waals surface area contributed by atoms with Crippen molar-refractivity contribution in [3.8, 4) is 11.4 Å². The summed E-state index contributed by atoms with van der Waals surface area (Å²) in [5.41, 5.74) is 4.31. The Labute approximate surface area is 199 Å². The van der Waals surface area contributed by atoms with Gasteiger partial charge in [0.05, 0.1) is 29.1 Å². The number of carbonyl (C=O) groups is 2. The molecule has 3 heterocycles. The van der Waals surface area contributed by atoms with Crippen molar-refractivity contribution < 1.29 is 14.0 Å². The number of hydrogen-bond donors (Lipinski definition) is 2. The van der Waals surface area contributed by atoms with Gasteiger partial charge in [0.1, 0.15) is 11.4 Å². The number of benzene rings is 3. The van der Waals surface area contributed by atoms with Gasteiger partial charge in [0.25, 0.3) is 0 Å². The lowest BCUT2D eigenvalue weighted by Crippen LogP contribution is -2.07. The quantitative estimate of drug-likeness (QED) is 0.300. The predicted molar refractivity (Wildman–Crippen MR) is 134 cm³/mol. The van der Waals surface area contributed by atoms with Crippen molar-refractivity contribution in [1.82, 2.24) is 20.2 Å². The number of aromatic nitrogens is 4. The third-order valence-corrected chi connectivity index (χ3v) is 6.02. The van der Waals surface area contributed by atoms with E-state index in [2.05, 4.69) is 15.5 Å². The van der Waals surface area contributed by atoms with Crippen LogP contribution < -0.4 is 5.32 Å². The van der Waals surface area contributed by atoms with Gasteiger partial charge in [-0.05, 0) is 56.3 Å². The highest BCUT2D eigenvalue weighted by Crippen LogP contribution is 2.33. The minimum atomic E-state index is -0.203. The fraction of sp³-hybridized carbons (Fsp3) is 0.0741. The molecular weight excluding hydrogens is 442 g/mol. The molecule has 0 saturated heterocycles. The second-order valence-electron chi connectivity index (χ2n) is 8.36. The molecule has 3 aromatic carbocycles. The molecule has 8 nitrogen and oxygen atoms in total. The molecule has 6 aromatic rings. The largest absolute Gasteiger partial charge is 0.464 e. The van der Waals surface area contributed by atoms with Crippen molar-refractivity contribution in [3.63, 3.8) is 0 Å². The number of furan rings is 1. The van der Waals surface area contributed by atoms with E-state index in [9.17, 15) is 9.59 Å². The van der Waals surface area contributed by atoms with Crippen molar-refractivity contribution in [2.45, 2.75) is 13.8 Å². The first-order chi connectivity index (χ1) is 17.0. The molecule has 0 aliphatic rings. The van der Waals surface area contributed by atoms with Crippen LogP contribution >= 0.6 is 0 Å². The molecule has 0 atom stereocenters. The molecule has 0 unspecified atom stereocenters. The van der Waals surface area contributed by atoms with Crippen LogP contribution in [0.1, 0.15) is 34.6 Å². The Hall–Kier alpha value is -4.85. The molecule has 0 spiro atoms. The van der Waals surface area contributed by atoms with Crippen LogP contribution in [-0.4, -0.2) is 31.7 Å². The van der Waals surface area contributed by atoms with E-state index in [0.29, 0.717) is 39.3 Å². The minimum absolute atomic E-state index is 0.202. The van der Waals surface area contributed by atoms with Crippen molar-refractivity contribution >= 4 is 55.8 Å². The van der Waals surface area contributed by atoms with E-state index < -0.39 is 0 Å². The summed E-state index contributed by atoms with van der Waals surface area (Å²) in [5.74, 6) is 0.543. The second-order valence-corrected chi connectivity index (χ2v) is 8.36. The van der Waals surface area contributed by atoms with Crippen LogP contribution in [0.4, 0.5) is 11.5 Å². The first kappa shape index (κ1) is 20.7. The minimum Gasteiger partial charge on any atom is -0.464 e. The molecule has 0 aliphatic carbocycles. The first-order valence-electron chi connectivity index (χ1n) is 11.0. The van der Waals surface area contributed by atoms with Crippen LogP contribution in [0.25, 0.3) is 44.2 Å². The van der Waals surface area contributed by atoms with Gasteiger partial charge < -0.3 is 9.73 Å². The van der Waals surface area contributed by atoms with E-state index in [1.807, 2.05) is 42.5 Å².